The lowest BCUT2D eigenvalue weighted by Crippen LogP contribution is -2.33. The lowest BCUT2D eigenvalue weighted by atomic mass is 10.2. The maximum atomic E-state index is 12.5. The number of alkyl halides is 5. The summed E-state index contributed by atoms with van der Waals surface area (Å²) in [5.41, 5.74) is 0. The first-order valence-corrected chi connectivity index (χ1v) is 2.91. The molecule has 6 heteroatoms. The predicted octanol–water partition coefficient (Wildman–Crippen LogP) is 2.32. The Morgan fingerprint density at radius 3 is 1.82 bits per heavy atom. The highest BCUT2D eigenvalue weighted by atomic mass is 19.3. The molecule has 0 aromatic heterocycles. The van der Waals surface area contributed by atoms with Crippen LogP contribution in [0.5, 0.6) is 0 Å². The zero-order chi connectivity index (χ0) is 8.70. The van der Waals surface area contributed by atoms with Gasteiger partial charge in [0.25, 0.3) is 12.3 Å². The van der Waals surface area contributed by atoms with Crippen LogP contribution in [0.25, 0.3) is 0 Å². The molecule has 11 heavy (non-hydrogen) atoms. The van der Waals surface area contributed by atoms with Gasteiger partial charge < -0.3 is 0 Å². The number of hydrogen-bond acceptors (Lipinski definition) is 1. The SMILES string of the molecule is FC(F)C1(F)CCC(F)(F)O1. The quantitative estimate of drug-likeness (QED) is 0.557. The number of halogens is 5. The third kappa shape index (κ3) is 1.61. The first-order chi connectivity index (χ1) is 4.86. The highest BCUT2D eigenvalue weighted by molar-refractivity contribution is 4.81. The van der Waals surface area contributed by atoms with Gasteiger partial charge in [0, 0.05) is 12.8 Å². The van der Waals surface area contributed by atoms with Crippen LogP contribution in [-0.4, -0.2) is 18.4 Å². The molecule has 1 aliphatic rings. The monoisotopic (exact) mass is 176 g/mol. The Kier molecular flexibility index (Phi) is 1.82. The van der Waals surface area contributed by atoms with Crippen LogP contribution in [0.3, 0.4) is 0 Å². The fourth-order valence-corrected chi connectivity index (χ4v) is 0.820. The normalized spacial score (nSPS) is 36.5. The highest BCUT2D eigenvalue weighted by Gasteiger charge is 2.56. The average Bonchev–Trinajstić information content (AvgIpc) is 2.08. The van der Waals surface area contributed by atoms with Gasteiger partial charge in [0.1, 0.15) is 0 Å². The van der Waals surface area contributed by atoms with Crippen LogP contribution < -0.4 is 0 Å². The minimum Gasteiger partial charge on any atom is -0.277 e. The van der Waals surface area contributed by atoms with Crippen molar-refractivity contribution in [2.24, 2.45) is 0 Å². The topological polar surface area (TPSA) is 9.23 Å². The molecule has 1 rings (SSSR count). The summed E-state index contributed by atoms with van der Waals surface area (Å²) in [5.74, 6) is -3.45. The fourth-order valence-electron chi connectivity index (χ4n) is 0.820. The second-order valence-electron chi connectivity index (χ2n) is 2.33. The maximum absolute atomic E-state index is 12.5. The van der Waals surface area contributed by atoms with E-state index < -0.39 is 31.2 Å². The number of rotatable bonds is 1. The molecule has 0 radical (unpaired) electrons. The molecule has 1 heterocycles. The average molecular weight is 176 g/mol. The molecule has 1 nitrogen and oxygen atoms in total. The van der Waals surface area contributed by atoms with Gasteiger partial charge in [-0.1, -0.05) is 0 Å². The summed E-state index contributed by atoms with van der Waals surface area (Å²) >= 11 is 0. The van der Waals surface area contributed by atoms with E-state index in [4.69, 9.17) is 0 Å². The van der Waals surface area contributed by atoms with Crippen LogP contribution in [0.4, 0.5) is 22.0 Å². The van der Waals surface area contributed by atoms with Crippen LogP contribution in [0.2, 0.25) is 0 Å². The molecule has 0 bridgehead atoms. The van der Waals surface area contributed by atoms with E-state index in [1.165, 1.54) is 0 Å². The smallest absolute Gasteiger partial charge is 0.277 e. The minimum atomic E-state index is -3.74. The second-order valence-corrected chi connectivity index (χ2v) is 2.33. The molecule has 66 valence electrons. The molecule has 1 aliphatic heterocycles. The first-order valence-electron chi connectivity index (χ1n) is 2.91. The van der Waals surface area contributed by atoms with Gasteiger partial charge in [-0.2, -0.15) is 8.78 Å². The maximum Gasteiger partial charge on any atom is 0.358 e. The van der Waals surface area contributed by atoms with Gasteiger partial charge in [0.05, 0.1) is 0 Å². The number of ether oxygens (including phenoxy) is 1. The molecule has 0 spiro atoms. The van der Waals surface area contributed by atoms with E-state index in [-0.39, 0.29) is 0 Å². The van der Waals surface area contributed by atoms with E-state index in [0.29, 0.717) is 0 Å². The summed E-state index contributed by atoms with van der Waals surface area (Å²) in [6.45, 7) is 0. The number of hydrogen-bond donors (Lipinski definition) is 0. The molecule has 0 amide bonds. The van der Waals surface area contributed by atoms with Crippen LogP contribution >= 0.6 is 0 Å². The van der Waals surface area contributed by atoms with Crippen molar-refractivity contribution in [3.8, 4) is 0 Å². The van der Waals surface area contributed by atoms with Crippen molar-refractivity contribution in [1.29, 1.82) is 0 Å². The first kappa shape index (κ1) is 8.70. The van der Waals surface area contributed by atoms with Gasteiger partial charge >= 0.3 is 6.11 Å². The Morgan fingerprint density at radius 1 is 1.09 bits per heavy atom. The summed E-state index contributed by atoms with van der Waals surface area (Å²) in [4.78, 5) is 0. The molecule has 1 fully saturated rings. The van der Waals surface area contributed by atoms with Gasteiger partial charge in [-0.05, 0) is 0 Å². The summed E-state index contributed by atoms with van der Waals surface area (Å²) in [7, 11) is 0. The Bertz CT molecular complexity index is 159. The summed E-state index contributed by atoms with van der Waals surface area (Å²) < 4.78 is 63.0. The molecule has 0 N–H and O–H groups in total. The summed E-state index contributed by atoms with van der Waals surface area (Å²) in [6.07, 6.45) is -9.22. The zero-order valence-corrected chi connectivity index (χ0v) is 5.29. The molecule has 0 saturated carbocycles. The van der Waals surface area contributed by atoms with Crippen molar-refractivity contribution in [1.82, 2.24) is 0 Å². The lowest BCUT2D eigenvalue weighted by molar-refractivity contribution is -0.315. The molecule has 0 aromatic rings. The minimum absolute atomic E-state index is 0.961. The summed E-state index contributed by atoms with van der Waals surface area (Å²) in [5, 5.41) is 0. The van der Waals surface area contributed by atoms with Crippen molar-refractivity contribution in [3.63, 3.8) is 0 Å². The Hall–Kier alpha value is -0.390. The van der Waals surface area contributed by atoms with E-state index in [9.17, 15) is 22.0 Å². The van der Waals surface area contributed by atoms with Crippen molar-refractivity contribution >= 4 is 0 Å². The van der Waals surface area contributed by atoms with Gasteiger partial charge in [-0.25, -0.2) is 13.2 Å². The predicted molar refractivity (Wildman–Crippen MR) is 25.1 cm³/mol. The molecule has 0 aromatic carbocycles. The Labute approximate surface area is 59.1 Å². The van der Waals surface area contributed by atoms with Crippen LogP contribution in [-0.2, 0) is 4.74 Å². The standard InChI is InChI=1S/C5H5F5O/c6-3(7)4(8)1-2-5(9,10)11-4/h3H,1-2H2. The van der Waals surface area contributed by atoms with Crippen LogP contribution in [0.1, 0.15) is 12.8 Å². The molecule has 1 unspecified atom stereocenters. The van der Waals surface area contributed by atoms with Crippen molar-refractivity contribution in [2.75, 3.05) is 0 Å². The largest absolute Gasteiger partial charge is 0.358 e. The van der Waals surface area contributed by atoms with E-state index in [2.05, 4.69) is 4.74 Å². The third-order valence-corrected chi connectivity index (χ3v) is 1.40. The molecule has 0 aliphatic carbocycles. The van der Waals surface area contributed by atoms with Crippen LogP contribution in [0, 0.1) is 0 Å². The zero-order valence-electron chi connectivity index (χ0n) is 5.29. The molecular weight excluding hydrogens is 171 g/mol. The highest BCUT2D eigenvalue weighted by Crippen LogP contribution is 2.44. The van der Waals surface area contributed by atoms with E-state index in [0.717, 1.165) is 0 Å². The Balaban J connectivity index is 2.65. The third-order valence-electron chi connectivity index (χ3n) is 1.40. The van der Waals surface area contributed by atoms with Crippen molar-refractivity contribution < 1.29 is 26.7 Å². The van der Waals surface area contributed by atoms with Crippen LogP contribution in [0.15, 0.2) is 0 Å². The molecular formula is C5H5F5O. The molecule has 1 atom stereocenters. The molecule has 1 saturated heterocycles. The lowest BCUT2D eigenvalue weighted by Gasteiger charge is -2.18. The van der Waals surface area contributed by atoms with Gasteiger partial charge in [0.15, 0.2) is 0 Å². The van der Waals surface area contributed by atoms with E-state index in [1.807, 2.05) is 0 Å². The summed E-state index contributed by atoms with van der Waals surface area (Å²) in [6, 6.07) is 0. The second kappa shape index (κ2) is 2.30. The van der Waals surface area contributed by atoms with E-state index in [1.54, 1.807) is 0 Å². The van der Waals surface area contributed by atoms with Crippen molar-refractivity contribution in [3.05, 3.63) is 0 Å². The fraction of sp³-hybridized carbons (Fsp3) is 1.00. The van der Waals surface area contributed by atoms with Gasteiger partial charge in [0.2, 0.25) is 0 Å². The van der Waals surface area contributed by atoms with Gasteiger partial charge in [-0.3, -0.25) is 4.74 Å². The van der Waals surface area contributed by atoms with Crippen molar-refractivity contribution in [2.45, 2.75) is 31.2 Å². The van der Waals surface area contributed by atoms with E-state index >= 15 is 0 Å². The Morgan fingerprint density at radius 2 is 1.64 bits per heavy atom. The van der Waals surface area contributed by atoms with Gasteiger partial charge in [-0.15, -0.1) is 0 Å².